The van der Waals surface area contributed by atoms with Gasteiger partial charge in [-0.15, -0.1) is 0 Å². The summed E-state index contributed by atoms with van der Waals surface area (Å²) in [6, 6.07) is 2.34. The van der Waals surface area contributed by atoms with E-state index >= 15 is 0 Å². The van der Waals surface area contributed by atoms with Crippen molar-refractivity contribution in [1.82, 2.24) is 10.3 Å². The van der Waals surface area contributed by atoms with Crippen LogP contribution in [0.5, 0.6) is 0 Å². The van der Waals surface area contributed by atoms with E-state index < -0.39 is 0 Å². The lowest BCUT2D eigenvalue weighted by Crippen LogP contribution is -2.34. The number of unbranched alkanes of at least 4 members (excludes halogenated alkanes) is 1. The number of nitrogens with one attached hydrogen (secondary N) is 2. The fraction of sp³-hybridized carbons (Fsp3) is 0.667. The standard InChI is InChI=1S/C21H32N4O2/c1-6-7-8-18-17-13-27-21(4,5)11-15(17)16(12-22)19(25-18)23-9-10-24-20(26)14(2)3/h14H,6-11,13H2,1-5H3,(H,23,25)(H,24,26). The monoisotopic (exact) mass is 372 g/mol. The molecule has 0 saturated heterocycles. The predicted molar refractivity (Wildman–Crippen MR) is 106 cm³/mol. The molecule has 2 rings (SSSR count). The average Bonchev–Trinajstić information content (AvgIpc) is 2.61. The lowest BCUT2D eigenvalue weighted by atomic mass is 9.87. The second kappa shape index (κ2) is 9.18. The Hall–Kier alpha value is -2.13. The fourth-order valence-electron chi connectivity index (χ4n) is 3.21. The maximum Gasteiger partial charge on any atom is 0.222 e. The van der Waals surface area contributed by atoms with Crippen molar-refractivity contribution in [2.45, 2.75) is 72.5 Å². The highest BCUT2D eigenvalue weighted by molar-refractivity contribution is 5.77. The molecule has 27 heavy (non-hydrogen) atoms. The minimum atomic E-state index is -0.287. The summed E-state index contributed by atoms with van der Waals surface area (Å²) in [5.74, 6) is 0.613. The lowest BCUT2D eigenvalue weighted by molar-refractivity contribution is -0.123. The van der Waals surface area contributed by atoms with Crippen LogP contribution in [0, 0.1) is 17.2 Å². The Labute approximate surface area is 162 Å². The van der Waals surface area contributed by atoms with E-state index in [0.717, 1.165) is 36.1 Å². The van der Waals surface area contributed by atoms with Gasteiger partial charge in [0.2, 0.25) is 5.91 Å². The van der Waals surface area contributed by atoms with Crippen molar-refractivity contribution in [2.75, 3.05) is 18.4 Å². The quantitative estimate of drug-likeness (QED) is 0.684. The molecule has 0 unspecified atom stereocenters. The molecule has 1 aliphatic rings. The molecular weight excluding hydrogens is 340 g/mol. The zero-order chi connectivity index (χ0) is 20.0. The molecule has 0 radical (unpaired) electrons. The first-order valence-electron chi connectivity index (χ1n) is 9.89. The van der Waals surface area contributed by atoms with Crippen LogP contribution in [0.25, 0.3) is 0 Å². The molecule has 0 fully saturated rings. The van der Waals surface area contributed by atoms with Crippen LogP contribution < -0.4 is 10.6 Å². The van der Waals surface area contributed by atoms with Crippen LogP contribution in [0.1, 0.15) is 69.8 Å². The molecule has 148 valence electrons. The number of aromatic nitrogens is 1. The third-order valence-corrected chi connectivity index (χ3v) is 4.83. The summed E-state index contributed by atoms with van der Waals surface area (Å²) in [5.41, 5.74) is 3.48. The Morgan fingerprint density at radius 3 is 2.70 bits per heavy atom. The Bertz CT molecular complexity index is 720. The Morgan fingerprint density at radius 1 is 1.33 bits per heavy atom. The van der Waals surface area contributed by atoms with E-state index in [9.17, 15) is 10.1 Å². The van der Waals surface area contributed by atoms with E-state index in [1.54, 1.807) is 0 Å². The molecule has 2 heterocycles. The summed E-state index contributed by atoms with van der Waals surface area (Å²) in [4.78, 5) is 16.5. The third-order valence-electron chi connectivity index (χ3n) is 4.83. The number of fused-ring (bicyclic) bond motifs is 1. The zero-order valence-electron chi connectivity index (χ0n) is 17.2. The largest absolute Gasteiger partial charge is 0.370 e. The molecular formula is C21H32N4O2. The summed E-state index contributed by atoms with van der Waals surface area (Å²) in [7, 11) is 0. The van der Waals surface area contributed by atoms with Crippen molar-refractivity contribution >= 4 is 11.7 Å². The first kappa shape index (κ1) is 21.2. The molecule has 6 heteroatoms. The van der Waals surface area contributed by atoms with Crippen LogP contribution in [0.4, 0.5) is 5.82 Å². The summed E-state index contributed by atoms with van der Waals surface area (Å²) in [5, 5.41) is 15.9. The van der Waals surface area contributed by atoms with Gasteiger partial charge < -0.3 is 15.4 Å². The number of pyridine rings is 1. The molecule has 0 saturated carbocycles. The summed E-state index contributed by atoms with van der Waals surface area (Å²) >= 11 is 0. The van der Waals surface area contributed by atoms with Gasteiger partial charge in [0.05, 0.1) is 17.8 Å². The van der Waals surface area contributed by atoms with Crippen LogP contribution in [-0.4, -0.2) is 29.6 Å². The minimum Gasteiger partial charge on any atom is -0.370 e. The van der Waals surface area contributed by atoms with Crippen molar-refractivity contribution in [1.29, 1.82) is 5.26 Å². The van der Waals surface area contributed by atoms with Gasteiger partial charge >= 0.3 is 0 Å². The van der Waals surface area contributed by atoms with Gasteiger partial charge in [-0.25, -0.2) is 4.98 Å². The van der Waals surface area contributed by atoms with Gasteiger partial charge in [-0.05, 0) is 32.3 Å². The van der Waals surface area contributed by atoms with Crippen molar-refractivity contribution in [2.24, 2.45) is 5.92 Å². The van der Waals surface area contributed by atoms with E-state index in [4.69, 9.17) is 9.72 Å². The SMILES string of the molecule is CCCCc1nc(NCCNC(=O)C(C)C)c(C#N)c2c1COC(C)(C)C2. The molecule has 1 amide bonds. The number of nitriles is 1. The number of hydrogen-bond acceptors (Lipinski definition) is 5. The zero-order valence-corrected chi connectivity index (χ0v) is 17.2. The molecule has 1 aromatic rings. The molecule has 0 atom stereocenters. The Balaban J connectivity index is 2.25. The molecule has 0 bridgehead atoms. The topological polar surface area (TPSA) is 87.0 Å². The van der Waals surface area contributed by atoms with E-state index in [-0.39, 0.29) is 17.4 Å². The molecule has 2 N–H and O–H groups in total. The Kier molecular flexibility index (Phi) is 7.20. The van der Waals surface area contributed by atoms with E-state index in [1.165, 1.54) is 0 Å². The maximum atomic E-state index is 11.7. The van der Waals surface area contributed by atoms with Crippen LogP contribution in [0.15, 0.2) is 0 Å². The van der Waals surface area contributed by atoms with Crippen LogP contribution >= 0.6 is 0 Å². The summed E-state index contributed by atoms with van der Waals surface area (Å²) in [6.07, 6.45) is 3.73. The lowest BCUT2D eigenvalue weighted by Gasteiger charge is -2.33. The molecule has 0 aliphatic carbocycles. The number of ether oxygens (including phenoxy) is 1. The van der Waals surface area contributed by atoms with Gasteiger partial charge in [-0.1, -0.05) is 27.2 Å². The second-order valence-electron chi connectivity index (χ2n) is 8.05. The molecule has 1 aromatic heterocycles. The van der Waals surface area contributed by atoms with Gasteiger partial charge in [-0.3, -0.25) is 4.79 Å². The summed E-state index contributed by atoms with van der Waals surface area (Å²) < 4.78 is 5.98. The first-order chi connectivity index (χ1) is 12.8. The maximum absolute atomic E-state index is 11.7. The Morgan fingerprint density at radius 2 is 2.07 bits per heavy atom. The smallest absolute Gasteiger partial charge is 0.222 e. The minimum absolute atomic E-state index is 0.0261. The number of hydrogen-bond donors (Lipinski definition) is 2. The average molecular weight is 373 g/mol. The van der Waals surface area contributed by atoms with Crippen molar-refractivity contribution in [3.05, 3.63) is 22.4 Å². The van der Waals surface area contributed by atoms with E-state index in [1.807, 2.05) is 13.8 Å². The molecule has 6 nitrogen and oxygen atoms in total. The van der Waals surface area contributed by atoms with Gasteiger partial charge in [-0.2, -0.15) is 5.26 Å². The van der Waals surface area contributed by atoms with Crippen molar-refractivity contribution < 1.29 is 9.53 Å². The highest BCUT2D eigenvalue weighted by atomic mass is 16.5. The number of carbonyl (C=O) groups excluding carboxylic acids is 1. The number of carbonyl (C=O) groups is 1. The number of amides is 1. The fourth-order valence-corrected chi connectivity index (χ4v) is 3.21. The van der Waals surface area contributed by atoms with Gasteiger partial charge in [0.1, 0.15) is 11.9 Å². The summed E-state index contributed by atoms with van der Waals surface area (Å²) in [6.45, 7) is 11.5. The van der Waals surface area contributed by atoms with Crippen molar-refractivity contribution in [3.63, 3.8) is 0 Å². The van der Waals surface area contributed by atoms with Crippen LogP contribution in [-0.2, 0) is 29.0 Å². The number of aryl methyl sites for hydroxylation is 1. The number of rotatable bonds is 8. The number of anilines is 1. The van der Waals surface area contributed by atoms with E-state index in [0.29, 0.717) is 37.5 Å². The first-order valence-corrected chi connectivity index (χ1v) is 9.89. The molecule has 0 aromatic carbocycles. The molecule has 0 spiro atoms. The van der Waals surface area contributed by atoms with Gasteiger partial charge in [0.25, 0.3) is 0 Å². The second-order valence-corrected chi connectivity index (χ2v) is 8.05. The molecule has 1 aliphatic heterocycles. The van der Waals surface area contributed by atoms with Gasteiger partial charge in [0, 0.05) is 36.7 Å². The van der Waals surface area contributed by atoms with Gasteiger partial charge in [0.15, 0.2) is 0 Å². The predicted octanol–water partition coefficient (Wildman–Crippen LogP) is 3.33. The number of nitrogens with zero attached hydrogens (tertiary/aromatic N) is 2. The third kappa shape index (κ3) is 5.43. The highest BCUT2D eigenvalue weighted by Gasteiger charge is 2.31. The van der Waals surface area contributed by atoms with Crippen LogP contribution in [0.2, 0.25) is 0 Å². The normalized spacial score (nSPS) is 15.1. The van der Waals surface area contributed by atoms with Crippen molar-refractivity contribution in [3.8, 4) is 6.07 Å². The van der Waals surface area contributed by atoms with Crippen LogP contribution in [0.3, 0.4) is 0 Å². The van der Waals surface area contributed by atoms with E-state index in [2.05, 4.69) is 37.5 Å². The highest BCUT2D eigenvalue weighted by Crippen LogP contribution is 2.34.